The highest BCUT2D eigenvalue weighted by molar-refractivity contribution is 7.99. The van der Waals surface area contributed by atoms with Crippen molar-refractivity contribution >= 4 is 23.6 Å². The van der Waals surface area contributed by atoms with Gasteiger partial charge in [-0.25, -0.2) is 4.79 Å². The second kappa shape index (κ2) is 10.4. The number of ether oxygens (including phenoxy) is 2. The van der Waals surface area contributed by atoms with Crippen molar-refractivity contribution in [2.24, 2.45) is 0 Å². The Hall–Kier alpha value is -3.33. The Kier molecular flexibility index (Phi) is 7.45. The second-order valence-corrected chi connectivity index (χ2v) is 7.22. The fourth-order valence-electron chi connectivity index (χ4n) is 2.87. The quantitative estimate of drug-likeness (QED) is 0.414. The van der Waals surface area contributed by atoms with E-state index in [0.717, 1.165) is 11.3 Å². The molecule has 0 saturated carbocycles. The zero-order valence-electron chi connectivity index (χ0n) is 16.6. The van der Waals surface area contributed by atoms with Crippen molar-refractivity contribution in [3.05, 3.63) is 66.5 Å². The molecule has 0 fully saturated rings. The first-order chi connectivity index (χ1) is 14.6. The zero-order valence-corrected chi connectivity index (χ0v) is 17.5. The van der Waals surface area contributed by atoms with Gasteiger partial charge in [-0.1, -0.05) is 54.2 Å². The Labute approximate surface area is 178 Å². The summed E-state index contributed by atoms with van der Waals surface area (Å²) in [5.41, 5.74) is 1.70. The van der Waals surface area contributed by atoms with Gasteiger partial charge < -0.3 is 14.8 Å². The van der Waals surface area contributed by atoms with Gasteiger partial charge >= 0.3 is 5.97 Å². The van der Waals surface area contributed by atoms with Crippen LogP contribution in [0.1, 0.15) is 5.56 Å². The molecule has 8 nitrogen and oxygen atoms in total. The van der Waals surface area contributed by atoms with Crippen LogP contribution in [0, 0.1) is 0 Å². The van der Waals surface area contributed by atoms with Gasteiger partial charge in [-0.2, -0.15) is 0 Å². The number of rotatable bonds is 9. The number of nitrogens with one attached hydrogen (secondary N) is 1. The molecule has 0 radical (unpaired) electrons. The van der Waals surface area contributed by atoms with Gasteiger partial charge in [-0.05, 0) is 17.7 Å². The number of esters is 1. The average molecular weight is 426 g/mol. The van der Waals surface area contributed by atoms with E-state index >= 15 is 0 Å². The number of para-hydroxylation sites is 2. The van der Waals surface area contributed by atoms with Crippen LogP contribution >= 0.6 is 11.8 Å². The highest BCUT2D eigenvalue weighted by Crippen LogP contribution is 2.26. The molecule has 3 rings (SSSR count). The molecule has 0 bridgehead atoms. The Balaban J connectivity index is 1.65. The largest absolute Gasteiger partial charge is 0.495 e. The fraction of sp³-hybridized carbons (Fsp3) is 0.238. The fourth-order valence-corrected chi connectivity index (χ4v) is 3.60. The second-order valence-electron chi connectivity index (χ2n) is 6.28. The Bertz CT molecular complexity index is 993. The van der Waals surface area contributed by atoms with Crippen LogP contribution in [0.25, 0.3) is 5.69 Å². The summed E-state index contributed by atoms with van der Waals surface area (Å²) in [7, 11) is 2.89. The van der Waals surface area contributed by atoms with Crippen molar-refractivity contribution in [2.75, 3.05) is 20.0 Å². The molecule has 1 unspecified atom stereocenters. The van der Waals surface area contributed by atoms with E-state index in [9.17, 15) is 9.59 Å². The number of benzene rings is 2. The third kappa shape index (κ3) is 5.38. The van der Waals surface area contributed by atoms with E-state index in [1.807, 2.05) is 54.6 Å². The lowest BCUT2D eigenvalue weighted by Gasteiger charge is -2.16. The lowest BCUT2D eigenvalue weighted by Crippen LogP contribution is -2.43. The van der Waals surface area contributed by atoms with E-state index in [4.69, 9.17) is 9.47 Å². The number of thioether (sulfide) groups is 1. The SMILES string of the molecule is COC(=O)C(Cc1ccccc1)NC(=O)CSc1nncn1-c1ccccc1OC. The molecule has 9 heteroatoms. The molecule has 1 atom stereocenters. The van der Waals surface area contributed by atoms with Crippen molar-refractivity contribution in [3.8, 4) is 11.4 Å². The summed E-state index contributed by atoms with van der Waals surface area (Å²) < 4.78 is 12.0. The van der Waals surface area contributed by atoms with E-state index in [0.29, 0.717) is 17.3 Å². The molecular weight excluding hydrogens is 404 g/mol. The molecule has 2 aromatic carbocycles. The first-order valence-corrected chi connectivity index (χ1v) is 10.2. The molecule has 30 heavy (non-hydrogen) atoms. The van der Waals surface area contributed by atoms with Crippen molar-refractivity contribution in [1.82, 2.24) is 20.1 Å². The maximum atomic E-state index is 12.5. The summed E-state index contributed by atoms with van der Waals surface area (Å²) in [6.45, 7) is 0. The van der Waals surface area contributed by atoms with Crippen LogP contribution in [0.15, 0.2) is 66.1 Å². The summed E-state index contributed by atoms with van der Waals surface area (Å²) in [5.74, 6) is -0.0663. The van der Waals surface area contributed by atoms with Crippen LogP contribution in [0.5, 0.6) is 5.75 Å². The molecular formula is C21H22N4O4S. The molecule has 0 aliphatic carbocycles. The number of nitrogens with zero attached hydrogens (tertiary/aromatic N) is 3. The molecule has 1 amide bonds. The maximum absolute atomic E-state index is 12.5. The Morgan fingerprint density at radius 2 is 1.83 bits per heavy atom. The average Bonchev–Trinajstić information content (AvgIpc) is 3.25. The lowest BCUT2D eigenvalue weighted by molar-refractivity contribution is -0.144. The van der Waals surface area contributed by atoms with E-state index in [1.54, 1.807) is 18.0 Å². The third-order valence-electron chi connectivity index (χ3n) is 4.30. The minimum atomic E-state index is -0.766. The summed E-state index contributed by atoms with van der Waals surface area (Å²) in [5, 5.41) is 11.3. The Morgan fingerprint density at radius 3 is 2.57 bits per heavy atom. The van der Waals surface area contributed by atoms with Gasteiger partial charge in [-0.15, -0.1) is 10.2 Å². The summed E-state index contributed by atoms with van der Waals surface area (Å²) in [6.07, 6.45) is 1.91. The van der Waals surface area contributed by atoms with Gasteiger partial charge in [0.05, 0.1) is 25.7 Å². The molecule has 0 aliphatic rings. The molecule has 3 aromatic rings. The van der Waals surface area contributed by atoms with E-state index in [1.165, 1.54) is 18.9 Å². The van der Waals surface area contributed by atoms with E-state index < -0.39 is 12.0 Å². The molecule has 1 heterocycles. The van der Waals surface area contributed by atoms with Crippen LogP contribution in [0.2, 0.25) is 0 Å². The summed E-state index contributed by atoms with van der Waals surface area (Å²) in [6, 6.07) is 16.1. The number of hydrogen-bond acceptors (Lipinski definition) is 7. The van der Waals surface area contributed by atoms with Crippen LogP contribution in [-0.4, -0.2) is 52.7 Å². The number of aromatic nitrogens is 3. The number of methoxy groups -OCH3 is 2. The van der Waals surface area contributed by atoms with Crippen LogP contribution in [0.4, 0.5) is 0 Å². The van der Waals surface area contributed by atoms with Gasteiger partial charge in [0, 0.05) is 6.42 Å². The predicted octanol–water partition coefficient (Wildman–Crippen LogP) is 2.27. The molecule has 0 saturated heterocycles. The molecule has 0 aliphatic heterocycles. The van der Waals surface area contributed by atoms with Gasteiger partial charge in [-0.3, -0.25) is 9.36 Å². The first-order valence-electron chi connectivity index (χ1n) is 9.19. The van der Waals surface area contributed by atoms with Crippen molar-refractivity contribution in [3.63, 3.8) is 0 Å². The van der Waals surface area contributed by atoms with Crippen LogP contribution < -0.4 is 10.1 Å². The number of amides is 1. The highest BCUT2D eigenvalue weighted by atomic mass is 32.2. The minimum absolute atomic E-state index is 0.0656. The maximum Gasteiger partial charge on any atom is 0.328 e. The minimum Gasteiger partial charge on any atom is -0.495 e. The van der Waals surface area contributed by atoms with Gasteiger partial charge in [0.2, 0.25) is 5.91 Å². The normalized spacial score (nSPS) is 11.5. The number of carbonyl (C=O) groups is 2. The van der Waals surface area contributed by atoms with Crippen molar-refractivity contribution in [1.29, 1.82) is 0 Å². The smallest absolute Gasteiger partial charge is 0.328 e. The molecule has 1 aromatic heterocycles. The van der Waals surface area contributed by atoms with Crippen LogP contribution in [-0.2, 0) is 20.7 Å². The molecule has 156 valence electrons. The standard InChI is InChI=1S/C21H22N4O4S/c1-28-18-11-7-6-10-17(18)25-14-22-24-21(25)30-13-19(26)23-16(20(27)29-2)12-15-8-4-3-5-9-15/h3-11,14,16H,12-13H2,1-2H3,(H,23,26). The third-order valence-corrected chi connectivity index (χ3v) is 5.24. The van der Waals surface area contributed by atoms with E-state index in [2.05, 4.69) is 15.5 Å². The van der Waals surface area contributed by atoms with Gasteiger partial charge in [0.1, 0.15) is 18.1 Å². The van der Waals surface area contributed by atoms with Gasteiger partial charge in [0.25, 0.3) is 0 Å². The van der Waals surface area contributed by atoms with E-state index in [-0.39, 0.29) is 11.7 Å². The van der Waals surface area contributed by atoms with Crippen molar-refractivity contribution < 1.29 is 19.1 Å². The molecule has 0 spiro atoms. The van der Waals surface area contributed by atoms with Crippen LogP contribution in [0.3, 0.4) is 0 Å². The zero-order chi connectivity index (χ0) is 21.3. The molecule has 1 N–H and O–H groups in total. The number of carbonyl (C=O) groups excluding carboxylic acids is 2. The van der Waals surface area contributed by atoms with Crippen molar-refractivity contribution in [2.45, 2.75) is 17.6 Å². The topological polar surface area (TPSA) is 95.3 Å². The predicted molar refractivity (Wildman–Crippen MR) is 113 cm³/mol. The van der Waals surface area contributed by atoms with Gasteiger partial charge in [0.15, 0.2) is 5.16 Å². The summed E-state index contributed by atoms with van der Waals surface area (Å²) >= 11 is 1.21. The number of hydrogen-bond donors (Lipinski definition) is 1. The summed E-state index contributed by atoms with van der Waals surface area (Å²) in [4.78, 5) is 24.6. The monoisotopic (exact) mass is 426 g/mol. The lowest BCUT2D eigenvalue weighted by atomic mass is 10.1. The highest BCUT2D eigenvalue weighted by Gasteiger charge is 2.22. The Morgan fingerprint density at radius 1 is 1.10 bits per heavy atom. The first kappa shape index (κ1) is 21.4.